The molecule has 2 fully saturated rings. The van der Waals surface area contributed by atoms with Crippen LogP contribution in [-0.4, -0.2) is 60.6 Å². The summed E-state index contributed by atoms with van der Waals surface area (Å²) in [4.78, 5) is 19.8. The van der Waals surface area contributed by atoms with Gasteiger partial charge in [-0.15, -0.1) is 0 Å². The number of hydrogen-bond donors (Lipinski definition) is 0. The number of carbonyl (C=O) groups excluding carboxylic acids is 1. The minimum atomic E-state index is -0.215. The summed E-state index contributed by atoms with van der Waals surface area (Å²) in [5, 5.41) is 0. The van der Waals surface area contributed by atoms with Crippen molar-refractivity contribution in [2.24, 2.45) is 0 Å². The highest BCUT2D eigenvalue weighted by atomic mass is 19.1. The van der Waals surface area contributed by atoms with Crippen LogP contribution in [0.4, 0.5) is 10.1 Å². The first kappa shape index (κ1) is 23.6. The SMILES string of the molecule is Cc1ccc(OCC(=O)N2CC(C)N(Cc3ccc(F)cc3)CC2C)c(N2CCCCC2)c1. The van der Waals surface area contributed by atoms with Crippen molar-refractivity contribution in [1.29, 1.82) is 0 Å². The third-order valence-corrected chi connectivity index (χ3v) is 6.90. The zero-order valence-corrected chi connectivity index (χ0v) is 20.1. The van der Waals surface area contributed by atoms with Crippen LogP contribution in [0, 0.1) is 12.7 Å². The van der Waals surface area contributed by atoms with Gasteiger partial charge >= 0.3 is 0 Å². The first-order valence-corrected chi connectivity index (χ1v) is 12.2. The zero-order chi connectivity index (χ0) is 23.4. The summed E-state index contributed by atoms with van der Waals surface area (Å²) in [5.74, 6) is 0.611. The molecule has 2 aliphatic rings. The van der Waals surface area contributed by atoms with Gasteiger partial charge in [-0.05, 0) is 75.4 Å². The summed E-state index contributed by atoms with van der Waals surface area (Å²) in [6, 6.07) is 13.2. The van der Waals surface area contributed by atoms with E-state index in [1.807, 2.05) is 29.2 Å². The number of hydrogen-bond acceptors (Lipinski definition) is 4. The van der Waals surface area contributed by atoms with Crippen LogP contribution in [0.2, 0.25) is 0 Å². The first-order chi connectivity index (χ1) is 15.9. The van der Waals surface area contributed by atoms with Crippen molar-refractivity contribution in [2.75, 3.05) is 37.7 Å². The molecule has 0 bridgehead atoms. The molecule has 178 valence electrons. The van der Waals surface area contributed by atoms with Gasteiger partial charge in [-0.25, -0.2) is 4.39 Å². The molecule has 2 aliphatic heterocycles. The molecule has 6 heteroatoms. The standard InChI is InChI=1S/C27H36FN3O2/c1-20-7-12-26(25(15-20)29-13-5-4-6-14-29)33-19-27(32)31-17-21(2)30(16-22(31)3)18-23-8-10-24(28)11-9-23/h7-12,15,21-22H,4-6,13-14,16-19H2,1-3H3. The lowest BCUT2D eigenvalue weighted by Gasteiger charge is -2.44. The van der Waals surface area contributed by atoms with E-state index in [0.29, 0.717) is 6.54 Å². The van der Waals surface area contributed by atoms with Crippen LogP contribution >= 0.6 is 0 Å². The van der Waals surface area contributed by atoms with Crippen LogP contribution < -0.4 is 9.64 Å². The van der Waals surface area contributed by atoms with Crippen molar-refractivity contribution in [3.05, 3.63) is 59.4 Å². The summed E-state index contributed by atoms with van der Waals surface area (Å²) in [5.41, 5.74) is 3.39. The monoisotopic (exact) mass is 453 g/mol. The average Bonchev–Trinajstić information content (AvgIpc) is 2.82. The fraction of sp³-hybridized carbons (Fsp3) is 0.519. The van der Waals surface area contributed by atoms with E-state index in [2.05, 4.69) is 36.6 Å². The molecule has 0 radical (unpaired) electrons. The maximum Gasteiger partial charge on any atom is 0.260 e. The number of nitrogens with zero attached hydrogens (tertiary/aromatic N) is 3. The Hall–Kier alpha value is -2.60. The van der Waals surface area contributed by atoms with E-state index in [1.165, 1.54) is 37.0 Å². The van der Waals surface area contributed by atoms with Crippen LogP contribution in [0.1, 0.15) is 44.2 Å². The summed E-state index contributed by atoms with van der Waals surface area (Å²) < 4.78 is 19.3. The Balaban J connectivity index is 1.36. The van der Waals surface area contributed by atoms with E-state index < -0.39 is 0 Å². The average molecular weight is 454 g/mol. The molecule has 2 unspecified atom stereocenters. The highest BCUT2D eigenvalue weighted by molar-refractivity contribution is 5.78. The van der Waals surface area contributed by atoms with Crippen LogP contribution in [0.3, 0.4) is 0 Å². The van der Waals surface area contributed by atoms with E-state index >= 15 is 0 Å². The number of benzene rings is 2. The van der Waals surface area contributed by atoms with Crippen LogP contribution in [0.15, 0.2) is 42.5 Å². The molecule has 2 aromatic rings. The molecule has 33 heavy (non-hydrogen) atoms. The van der Waals surface area contributed by atoms with Gasteiger partial charge in [0.1, 0.15) is 11.6 Å². The maximum absolute atomic E-state index is 13.2. The van der Waals surface area contributed by atoms with Gasteiger partial charge in [-0.2, -0.15) is 0 Å². The van der Waals surface area contributed by atoms with Crippen molar-refractivity contribution in [3.8, 4) is 5.75 Å². The van der Waals surface area contributed by atoms with E-state index in [9.17, 15) is 9.18 Å². The third kappa shape index (κ3) is 5.85. The Morgan fingerprint density at radius 1 is 1.00 bits per heavy atom. The molecule has 0 aliphatic carbocycles. The molecule has 2 saturated heterocycles. The molecule has 2 atom stereocenters. The molecular formula is C27H36FN3O2. The summed E-state index contributed by atoms with van der Waals surface area (Å²) in [7, 11) is 0. The summed E-state index contributed by atoms with van der Waals surface area (Å²) >= 11 is 0. The predicted molar refractivity (Wildman–Crippen MR) is 130 cm³/mol. The van der Waals surface area contributed by atoms with Gasteiger partial charge in [-0.3, -0.25) is 9.69 Å². The molecule has 0 N–H and O–H groups in total. The van der Waals surface area contributed by atoms with Gasteiger partial charge < -0.3 is 14.5 Å². The van der Waals surface area contributed by atoms with Crippen molar-refractivity contribution in [3.63, 3.8) is 0 Å². The van der Waals surface area contributed by atoms with Crippen molar-refractivity contribution in [1.82, 2.24) is 9.80 Å². The topological polar surface area (TPSA) is 36.0 Å². The number of rotatable bonds is 6. The molecule has 2 heterocycles. The lowest BCUT2D eigenvalue weighted by atomic mass is 10.1. The number of carbonyl (C=O) groups is 1. The lowest BCUT2D eigenvalue weighted by molar-refractivity contribution is -0.139. The Morgan fingerprint density at radius 3 is 2.45 bits per heavy atom. The van der Waals surface area contributed by atoms with Crippen LogP contribution in [0.25, 0.3) is 0 Å². The number of piperazine rings is 1. The minimum Gasteiger partial charge on any atom is -0.482 e. The molecule has 1 amide bonds. The van der Waals surface area contributed by atoms with Gasteiger partial charge in [-0.1, -0.05) is 18.2 Å². The smallest absolute Gasteiger partial charge is 0.260 e. The molecule has 0 spiro atoms. The van der Waals surface area contributed by atoms with Crippen molar-refractivity contribution < 1.29 is 13.9 Å². The number of amides is 1. The third-order valence-electron chi connectivity index (χ3n) is 6.90. The van der Waals surface area contributed by atoms with Gasteiger partial charge in [0.25, 0.3) is 5.91 Å². The molecular weight excluding hydrogens is 417 g/mol. The Labute approximate surface area is 197 Å². The maximum atomic E-state index is 13.2. The number of ether oxygens (including phenoxy) is 1. The highest BCUT2D eigenvalue weighted by Crippen LogP contribution is 2.32. The zero-order valence-electron chi connectivity index (χ0n) is 20.1. The van der Waals surface area contributed by atoms with E-state index in [1.54, 1.807) is 0 Å². The molecule has 2 aromatic carbocycles. The van der Waals surface area contributed by atoms with Gasteiger partial charge in [0.2, 0.25) is 0 Å². The first-order valence-electron chi connectivity index (χ1n) is 12.2. The number of aryl methyl sites for hydroxylation is 1. The fourth-order valence-electron chi connectivity index (χ4n) is 4.94. The van der Waals surface area contributed by atoms with Gasteiger partial charge in [0, 0.05) is 44.8 Å². The summed E-state index contributed by atoms with van der Waals surface area (Å²) in [6.45, 7) is 10.7. The van der Waals surface area contributed by atoms with Crippen LogP contribution in [0.5, 0.6) is 5.75 Å². The molecule has 0 saturated carbocycles. The number of anilines is 1. The number of halogens is 1. The Bertz CT molecular complexity index is 943. The van der Waals surface area contributed by atoms with Crippen molar-refractivity contribution >= 4 is 11.6 Å². The number of piperidine rings is 1. The lowest BCUT2D eigenvalue weighted by Crippen LogP contribution is -2.58. The second kappa shape index (κ2) is 10.6. The quantitative estimate of drug-likeness (QED) is 0.639. The Kier molecular flexibility index (Phi) is 7.53. The summed E-state index contributed by atoms with van der Waals surface area (Å²) in [6.07, 6.45) is 3.67. The van der Waals surface area contributed by atoms with Gasteiger partial charge in [0.15, 0.2) is 6.61 Å². The van der Waals surface area contributed by atoms with Crippen molar-refractivity contribution in [2.45, 2.75) is 58.7 Å². The predicted octanol–water partition coefficient (Wildman–Crippen LogP) is 4.62. The van der Waals surface area contributed by atoms with E-state index in [-0.39, 0.29) is 30.4 Å². The fourth-order valence-corrected chi connectivity index (χ4v) is 4.94. The molecule has 0 aromatic heterocycles. The normalized spacial score (nSPS) is 21.8. The minimum absolute atomic E-state index is 0.0287. The van der Waals surface area contributed by atoms with Gasteiger partial charge in [0.05, 0.1) is 5.69 Å². The Morgan fingerprint density at radius 2 is 1.73 bits per heavy atom. The van der Waals surface area contributed by atoms with Crippen LogP contribution in [-0.2, 0) is 11.3 Å². The highest BCUT2D eigenvalue weighted by Gasteiger charge is 2.32. The molecule has 4 rings (SSSR count). The second-order valence-corrected chi connectivity index (χ2v) is 9.61. The van der Waals surface area contributed by atoms with E-state index in [4.69, 9.17) is 4.74 Å². The second-order valence-electron chi connectivity index (χ2n) is 9.61. The molecule has 5 nitrogen and oxygen atoms in total. The van der Waals surface area contributed by atoms with E-state index in [0.717, 1.165) is 43.2 Å². The largest absolute Gasteiger partial charge is 0.482 e.